The van der Waals surface area contributed by atoms with Gasteiger partial charge in [-0.2, -0.15) is 5.10 Å². The van der Waals surface area contributed by atoms with Gasteiger partial charge in [-0.1, -0.05) is 6.07 Å². The number of ether oxygens (including phenoxy) is 2. The monoisotopic (exact) mass is 338 g/mol. The Morgan fingerprint density at radius 2 is 2.22 bits per heavy atom. The Hall–Kier alpha value is -2.25. The lowest BCUT2D eigenvalue weighted by Crippen LogP contribution is -2.19. The Morgan fingerprint density at radius 3 is 3.00 bits per heavy atom. The molecule has 8 heteroatoms. The highest BCUT2D eigenvalue weighted by atomic mass is 35.5. The molecule has 1 aliphatic rings. The van der Waals surface area contributed by atoms with E-state index in [9.17, 15) is 4.79 Å². The number of hydrogen-bond donors (Lipinski definition) is 3. The van der Waals surface area contributed by atoms with Crippen LogP contribution in [0.1, 0.15) is 19.8 Å². The van der Waals surface area contributed by atoms with Crippen molar-refractivity contribution in [3.63, 3.8) is 0 Å². The molecule has 1 aromatic carbocycles. The lowest BCUT2D eigenvalue weighted by molar-refractivity contribution is -0.116. The number of aromatic nitrogens is 2. The zero-order valence-corrected chi connectivity index (χ0v) is 13.5. The average molecular weight is 339 g/mol. The number of carbonyl (C=O) groups is 1. The zero-order chi connectivity index (χ0) is 15.5. The Kier molecular flexibility index (Phi) is 5.46. The summed E-state index contributed by atoms with van der Waals surface area (Å²) in [4.78, 5) is 11.9. The summed E-state index contributed by atoms with van der Waals surface area (Å²) in [6, 6.07) is 5.61. The maximum absolute atomic E-state index is 11.9. The molecule has 2 heterocycles. The van der Waals surface area contributed by atoms with Gasteiger partial charge in [0.25, 0.3) is 0 Å². The van der Waals surface area contributed by atoms with Gasteiger partial charge < -0.3 is 20.5 Å². The molecule has 3 rings (SSSR count). The lowest BCUT2D eigenvalue weighted by atomic mass is 10.1. The largest absolute Gasteiger partial charge is 0.454 e. The topological polar surface area (TPSA) is 102 Å². The molecule has 1 amide bonds. The zero-order valence-electron chi connectivity index (χ0n) is 12.7. The number of carbonyl (C=O) groups excluding carboxylic acids is 1. The smallest absolute Gasteiger partial charge is 0.231 e. The number of hydrogen-bond acceptors (Lipinski definition) is 5. The van der Waals surface area contributed by atoms with E-state index in [4.69, 9.17) is 15.2 Å². The molecule has 0 fully saturated rings. The summed E-state index contributed by atoms with van der Waals surface area (Å²) in [7, 11) is 0. The fourth-order valence-electron chi connectivity index (χ4n) is 2.23. The van der Waals surface area contributed by atoms with Crippen molar-refractivity contribution in [3.8, 4) is 22.6 Å². The molecule has 0 bridgehead atoms. The number of nitrogens with zero attached hydrogens (tertiary/aromatic N) is 1. The van der Waals surface area contributed by atoms with E-state index >= 15 is 0 Å². The highest BCUT2D eigenvalue weighted by Crippen LogP contribution is 2.37. The Bertz CT molecular complexity index is 687. The Balaban J connectivity index is 0.00000192. The molecule has 0 saturated heterocycles. The van der Waals surface area contributed by atoms with E-state index in [2.05, 4.69) is 15.5 Å². The van der Waals surface area contributed by atoms with Crippen LogP contribution >= 0.6 is 12.4 Å². The molecule has 1 aromatic heterocycles. The van der Waals surface area contributed by atoms with E-state index in [1.165, 1.54) is 0 Å². The second-order valence-electron chi connectivity index (χ2n) is 5.29. The number of amides is 1. The number of nitrogens with two attached hydrogens (primary N) is 1. The fourth-order valence-corrected chi connectivity index (χ4v) is 2.23. The second kappa shape index (κ2) is 7.34. The van der Waals surface area contributed by atoms with Crippen LogP contribution in [-0.2, 0) is 4.79 Å². The molecule has 1 unspecified atom stereocenters. The van der Waals surface area contributed by atoms with Crippen LogP contribution in [0.5, 0.6) is 11.5 Å². The van der Waals surface area contributed by atoms with Crippen molar-refractivity contribution in [2.24, 2.45) is 5.73 Å². The molecule has 0 spiro atoms. The number of fused-ring (bicyclic) bond motifs is 1. The minimum absolute atomic E-state index is 0. The summed E-state index contributed by atoms with van der Waals surface area (Å²) in [5.74, 6) is 1.87. The van der Waals surface area contributed by atoms with Crippen LogP contribution in [0.25, 0.3) is 11.1 Å². The third kappa shape index (κ3) is 3.94. The SMILES string of the molecule is CC(N)CCC(=O)Nc1[nH]ncc1-c1ccc2c(c1)OCO2.Cl. The molecule has 1 atom stereocenters. The quantitative estimate of drug-likeness (QED) is 0.776. The van der Waals surface area contributed by atoms with Gasteiger partial charge in [-0.3, -0.25) is 9.89 Å². The van der Waals surface area contributed by atoms with E-state index in [-0.39, 0.29) is 31.1 Å². The molecule has 0 saturated carbocycles. The number of H-pyrrole nitrogens is 1. The first-order valence-electron chi connectivity index (χ1n) is 7.12. The van der Waals surface area contributed by atoms with E-state index < -0.39 is 0 Å². The van der Waals surface area contributed by atoms with Crippen molar-refractivity contribution in [1.82, 2.24) is 10.2 Å². The first-order chi connectivity index (χ1) is 10.6. The number of anilines is 1. The number of aromatic amines is 1. The number of halogens is 1. The predicted molar refractivity (Wildman–Crippen MR) is 88.9 cm³/mol. The van der Waals surface area contributed by atoms with Gasteiger partial charge in [-0.05, 0) is 31.0 Å². The highest BCUT2D eigenvalue weighted by molar-refractivity contribution is 5.94. The van der Waals surface area contributed by atoms with E-state index in [0.717, 1.165) is 16.9 Å². The molecule has 4 N–H and O–H groups in total. The van der Waals surface area contributed by atoms with Gasteiger partial charge in [0.15, 0.2) is 11.5 Å². The Morgan fingerprint density at radius 1 is 1.43 bits per heavy atom. The standard InChI is InChI=1S/C15H18N4O3.ClH/c1-9(16)2-5-14(20)18-15-11(7-17-19-15)10-3-4-12-13(6-10)22-8-21-12;/h3-4,6-7,9H,2,5,8,16H2,1H3,(H2,17,18,19,20);1H. The van der Waals surface area contributed by atoms with Crippen LogP contribution < -0.4 is 20.5 Å². The van der Waals surface area contributed by atoms with Crippen LogP contribution in [0.2, 0.25) is 0 Å². The van der Waals surface area contributed by atoms with Crippen molar-refractivity contribution < 1.29 is 14.3 Å². The molecule has 124 valence electrons. The highest BCUT2D eigenvalue weighted by Gasteiger charge is 2.17. The van der Waals surface area contributed by atoms with E-state index in [0.29, 0.717) is 24.4 Å². The van der Waals surface area contributed by atoms with Crippen molar-refractivity contribution in [2.75, 3.05) is 12.1 Å². The normalized spacial score (nSPS) is 13.3. The summed E-state index contributed by atoms with van der Waals surface area (Å²) < 4.78 is 10.7. The van der Waals surface area contributed by atoms with Gasteiger partial charge in [-0.15, -0.1) is 12.4 Å². The molecular weight excluding hydrogens is 320 g/mol. The number of nitrogens with one attached hydrogen (secondary N) is 2. The maximum atomic E-state index is 11.9. The van der Waals surface area contributed by atoms with E-state index in [1.54, 1.807) is 6.20 Å². The van der Waals surface area contributed by atoms with Crippen molar-refractivity contribution >= 4 is 24.1 Å². The van der Waals surface area contributed by atoms with Gasteiger partial charge in [0.1, 0.15) is 5.82 Å². The van der Waals surface area contributed by atoms with Crippen molar-refractivity contribution in [2.45, 2.75) is 25.8 Å². The second-order valence-corrected chi connectivity index (χ2v) is 5.29. The summed E-state index contributed by atoms with van der Waals surface area (Å²) in [6.45, 7) is 2.10. The predicted octanol–water partition coefficient (Wildman–Crippen LogP) is 2.29. The van der Waals surface area contributed by atoms with E-state index in [1.807, 2.05) is 25.1 Å². The van der Waals surface area contributed by atoms with Gasteiger partial charge in [-0.25, -0.2) is 0 Å². The van der Waals surface area contributed by atoms with Crippen LogP contribution in [0.4, 0.5) is 5.82 Å². The van der Waals surface area contributed by atoms with Crippen molar-refractivity contribution in [1.29, 1.82) is 0 Å². The minimum Gasteiger partial charge on any atom is -0.454 e. The summed E-state index contributed by atoms with van der Waals surface area (Å²) in [6.07, 6.45) is 2.68. The summed E-state index contributed by atoms with van der Waals surface area (Å²) >= 11 is 0. The van der Waals surface area contributed by atoms with Gasteiger partial charge >= 0.3 is 0 Å². The van der Waals surface area contributed by atoms with Crippen LogP contribution in [0.3, 0.4) is 0 Å². The summed E-state index contributed by atoms with van der Waals surface area (Å²) in [5.41, 5.74) is 7.35. The molecular formula is C15H19ClN4O3. The third-order valence-corrected chi connectivity index (χ3v) is 3.41. The number of benzene rings is 1. The minimum atomic E-state index is -0.0939. The maximum Gasteiger partial charge on any atom is 0.231 e. The Labute approximate surface area is 140 Å². The van der Waals surface area contributed by atoms with Gasteiger partial charge in [0, 0.05) is 18.0 Å². The van der Waals surface area contributed by atoms with Crippen LogP contribution in [0, 0.1) is 0 Å². The first-order valence-corrected chi connectivity index (χ1v) is 7.12. The fraction of sp³-hybridized carbons (Fsp3) is 0.333. The number of rotatable bonds is 5. The lowest BCUT2D eigenvalue weighted by Gasteiger charge is -2.08. The molecule has 7 nitrogen and oxygen atoms in total. The van der Waals surface area contributed by atoms with Crippen LogP contribution in [-0.4, -0.2) is 28.9 Å². The first kappa shape index (κ1) is 17.1. The van der Waals surface area contributed by atoms with Gasteiger partial charge in [0.05, 0.1) is 6.20 Å². The molecule has 0 aliphatic carbocycles. The average Bonchev–Trinajstić information content (AvgIpc) is 3.12. The third-order valence-electron chi connectivity index (χ3n) is 3.41. The molecule has 23 heavy (non-hydrogen) atoms. The molecule has 2 aromatic rings. The van der Waals surface area contributed by atoms with Gasteiger partial charge in [0.2, 0.25) is 12.7 Å². The molecule has 1 aliphatic heterocycles. The van der Waals surface area contributed by atoms with Crippen molar-refractivity contribution in [3.05, 3.63) is 24.4 Å². The van der Waals surface area contributed by atoms with Crippen LogP contribution in [0.15, 0.2) is 24.4 Å². The summed E-state index contributed by atoms with van der Waals surface area (Å²) in [5, 5.41) is 9.64. The molecule has 0 radical (unpaired) electrons.